The molecule has 86 valence electrons. The van der Waals surface area contributed by atoms with Gasteiger partial charge >= 0.3 is 0 Å². The highest BCUT2D eigenvalue weighted by molar-refractivity contribution is 6.34. The normalized spacial score (nSPS) is 12.9. The van der Waals surface area contributed by atoms with Crippen molar-refractivity contribution in [2.24, 2.45) is 0 Å². The Morgan fingerprint density at radius 3 is 3.06 bits per heavy atom. The summed E-state index contributed by atoms with van der Waals surface area (Å²) in [5.74, 6) is 0.119. The second kappa shape index (κ2) is 4.19. The highest BCUT2D eigenvalue weighted by atomic mass is 35.5. The number of hydrogen-bond acceptors (Lipinski definition) is 5. The predicted octanol–water partition coefficient (Wildman–Crippen LogP) is 1.18. The quantitative estimate of drug-likeness (QED) is 0.781. The maximum Gasteiger partial charge on any atom is 0.231 e. The lowest BCUT2D eigenvalue weighted by Gasteiger charge is -2.07. The van der Waals surface area contributed by atoms with Gasteiger partial charge in [-0.2, -0.15) is 0 Å². The van der Waals surface area contributed by atoms with Gasteiger partial charge in [0.2, 0.25) is 6.79 Å². The third kappa shape index (κ3) is 1.68. The predicted molar refractivity (Wildman–Crippen MR) is 57.5 cm³/mol. The number of aromatic hydroxyl groups is 1. The van der Waals surface area contributed by atoms with E-state index in [-0.39, 0.29) is 41.2 Å². The van der Waals surface area contributed by atoms with Gasteiger partial charge in [-0.3, -0.25) is 4.79 Å². The van der Waals surface area contributed by atoms with Crippen molar-refractivity contribution in [1.82, 2.24) is 5.32 Å². The van der Waals surface area contributed by atoms with Gasteiger partial charge in [-0.05, 0) is 13.1 Å². The molecule has 6 heteroatoms. The summed E-state index contributed by atoms with van der Waals surface area (Å²) in [5.41, 5.74) is 0.128. The molecule has 0 bridgehead atoms. The van der Waals surface area contributed by atoms with E-state index in [4.69, 9.17) is 21.1 Å². The van der Waals surface area contributed by atoms with Gasteiger partial charge in [-0.15, -0.1) is 0 Å². The number of hydrogen-bond donors (Lipinski definition) is 2. The number of fused-ring (bicyclic) bond motifs is 1. The first-order valence-corrected chi connectivity index (χ1v) is 5.01. The van der Waals surface area contributed by atoms with Crippen molar-refractivity contribution < 1.29 is 19.4 Å². The van der Waals surface area contributed by atoms with E-state index in [0.29, 0.717) is 5.75 Å². The fraction of sp³-hybridized carbons (Fsp3) is 0.300. The van der Waals surface area contributed by atoms with Gasteiger partial charge < -0.3 is 19.9 Å². The summed E-state index contributed by atoms with van der Waals surface area (Å²) < 4.78 is 10.2. The number of Topliss-reactive ketones (excluding diaryl/α,β-unsaturated/α-hetero) is 1. The molecule has 1 aliphatic heterocycles. The maximum atomic E-state index is 11.6. The molecular formula is C10H10ClNO4. The van der Waals surface area contributed by atoms with Crippen molar-refractivity contribution in [2.75, 3.05) is 20.4 Å². The van der Waals surface area contributed by atoms with E-state index in [0.717, 1.165) is 0 Å². The van der Waals surface area contributed by atoms with E-state index in [1.807, 2.05) is 0 Å². The van der Waals surface area contributed by atoms with E-state index in [2.05, 4.69) is 5.32 Å². The molecule has 0 atom stereocenters. The molecule has 0 aliphatic carbocycles. The smallest absolute Gasteiger partial charge is 0.231 e. The average Bonchev–Trinajstić information content (AvgIpc) is 2.71. The number of benzene rings is 1. The van der Waals surface area contributed by atoms with Gasteiger partial charge in [0.05, 0.1) is 12.1 Å². The molecule has 2 rings (SSSR count). The number of carbonyl (C=O) groups is 1. The van der Waals surface area contributed by atoms with E-state index < -0.39 is 0 Å². The highest BCUT2D eigenvalue weighted by Crippen LogP contribution is 2.45. The van der Waals surface area contributed by atoms with E-state index in [9.17, 15) is 9.90 Å². The van der Waals surface area contributed by atoms with Crippen molar-refractivity contribution in [3.8, 4) is 17.2 Å². The third-order valence-electron chi connectivity index (χ3n) is 2.22. The van der Waals surface area contributed by atoms with Crippen molar-refractivity contribution in [3.05, 3.63) is 16.7 Å². The molecule has 0 unspecified atom stereocenters. The number of halogens is 1. The molecule has 0 spiro atoms. The number of ketones is 1. The van der Waals surface area contributed by atoms with Crippen LogP contribution in [0.3, 0.4) is 0 Å². The van der Waals surface area contributed by atoms with Gasteiger partial charge in [0.25, 0.3) is 0 Å². The van der Waals surface area contributed by atoms with Crippen LogP contribution in [0.4, 0.5) is 0 Å². The minimum Gasteiger partial charge on any atom is -0.505 e. The van der Waals surface area contributed by atoms with Gasteiger partial charge in [-0.1, -0.05) is 11.6 Å². The fourth-order valence-electron chi connectivity index (χ4n) is 1.46. The maximum absolute atomic E-state index is 11.6. The Labute approximate surface area is 96.9 Å². The van der Waals surface area contributed by atoms with Crippen LogP contribution in [0.1, 0.15) is 10.4 Å². The van der Waals surface area contributed by atoms with E-state index in [1.165, 1.54) is 6.07 Å². The lowest BCUT2D eigenvalue weighted by molar-refractivity contribution is 0.0990. The van der Waals surface area contributed by atoms with Crippen LogP contribution in [0.5, 0.6) is 17.2 Å². The first-order chi connectivity index (χ1) is 7.65. The van der Waals surface area contributed by atoms with E-state index >= 15 is 0 Å². The van der Waals surface area contributed by atoms with Gasteiger partial charge in [0, 0.05) is 0 Å². The molecule has 1 aliphatic rings. The van der Waals surface area contributed by atoms with Crippen LogP contribution in [0.2, 0.25) is 5.02 Å². The molecule has 0 saturated carbocycles. The summed E-state index contributed by atoms with van der Waals surface area (Å²) in [6.45, 7) is 0.154. The second-order valence-electron chi connectivity index (χ2n) is 3.27. The molecule has 2 N–H and O–H groups in total. The molecule has 1 aromatic carbocycles. The van der Waals surface area contributed by atoms with Gasteiger partial charge in [0.1, 0.15) is 10.8 Å². The van der Waals surface area contributed by atoms with Crippen molar-refractivity contribution in [3.63, 3.8) is 0 Å². The van der Waals surface area contributed by atoms with E-state index in [1.54, 1.807) is 7.05 Å². The molecular weight excluding hydrogens is 234 g/mol. The van der Waals surface area contributed by atoms with Gasteiger partial charge in [0.15, 0.2) is 17.3 Å². The summed E-state index contributed by atoms with van der Waals surface area (Å²) in [6, 6.07) is 1.43. The highest BCUT2D eigenvalue weighted by Gasteiger charge is 2.25. The Kier molecular flexibility index (Phi) is 2.89. The minimum absolute atomic E-state index is 0.00875. The number of phenolic OH excluding ortho intramolecular Hbond substituents is 1. The number of likely N-dealkylation sites (N-methyl/N-ethyl adjacent to an activating group) is 1. The van der Waals surface area contributed by atoms with Crippen LogP contribution in [0.15, 0.2) is 6.07 Å². The molecule has 0 fully saturated rings. The van der Waals surface area contributed by atoms with Crippen molar-refractivity contribution in [2.45, 2.75) is 0 Å². The number of carbonyl (C=O) groups excluding carboxylic acids is 1. The zero-order chi connectivity index (χ0) is 11.7. The number of phenols is 1. The molecule has 1 aromatic rings. The van der Waals surface area contributed by atoms with Crippen LogP contribution in [-0.4, -0.2) is 31.3 Å². The van der Waals surface area contributed by atoms with Gasteiger partial charge in [-0.25, -0.2) is 0 Å². The van der Waals surface area contributed by atoms with Crippen LogP contribution in [0.25, 0.3) is 0 Å². The summed E-state index contributed by atoms with van der Waals surface area (Å²) >= 11 is 5.86. The first kappa shape index (κ1) is 11.0. The molecule has 0 aromatic heterocycles. The topological polar surface area (TPSA) is 67.8 Å². The third-order valence-corrected chi connectivity index (χ3v) is 2.57. The zero-order valence-electron chi connectivity index (χ0n) is 8.54. The summed E-state index contributed by atoms with van der Waals surface area (Å²) in [6.07, 6.45) is 0. The number of ether oxygens (including phenoxy) is 2. The fourth-order valence-corrected chi connectivity index (χ4v) is 1.71. The Morgan fingerprint density at radius 1 is 1.62 bits per heavy atom. The number of nitrogens with one attached hydrogen (secondary N) is 1. The van der Waals surface area contributed by atoms with Crippen LogP contribution < -0.4 is 14.8 Å². The summed E-state index contributed by atoms with van der Waals surface area (Å²) in [4.78, 5) is 11.6. The van der Waals surface area contributed by atoms with Crippen LogP contribution >= 0.6 is 11.6 Å². The summed E-state index contributed by atoms with van der Waals surface area (Å²) in [5, 5.41) is 12.5. The second-order valence-corrected chi connectivity index (χ2v) is 3.65. The van der Waals surface area contributed by atoms with Crippen LogP contribution in [0, 0.1) is 0 Å². The molecule has 0 saturated heterocycles. The Balaban J connectivity index is 2.47. The first-order valence-electron chi connectivity index (χ1n) is 4.64. The molecule has 0 amide bonds. The molecule has 16 heavy (non-hydrogen) atoms. The number of rotatable bonds is 3. The average molecular weight is 244 g/mol. The lowest BCUT2D eigenvalue weighted by atomic mass is 10.1. The molecule has 1 heterocycles. The standard InChI is InChI=1S/C10H10ClNO4/c1-12-3-6(13)5-2-7-10(16-4-15-7)8(11)9(5)14/h2,12,14H,3-4H2,1H3. The largest absolute Gasteiger partial charge is 0.505 e. The Morgan fingerprint density at radius 2 is 2.38 bits per heavy atom. The van der Waals surface area contributed by atoms with Crippen molar-refractivity contribution >= 4 is 17.4 Å². The summed E-state index contributed by atoms with van der Waals surface area (Å²) in [7, 11) is 1.64. The molecule has 0 radical (unpaired) electrons. The molecule has 5 nitrogen and oxygen atoms in total. The monoisotopic (exact) mass is 243 g/mol. The van der Waals surface area contributed by atoms with Crippen LogP contribution in [-0.2, 0) is 0 Å². The SMILES string of the molecule is CNCC(=O)c1cc2c(c(Cl)c1O)OCO2. The van der Waals surface area contributed by atoms with Crippen molar-refractivity contribution in [1.29, 1.82) is 0 Å². The Hall–Kier alpha value is -1.46. The minimum atomic E-state index is -0.272. The zero-order valence-corrected chi connectivity index (χ0v) is 9.30. The lowest BCUT2D eigenvalue weighted by Crippen LogP contribution is -2.18. The Bertz CT molecular complexity index is 447.